The molecule has 3 aromatic carbocycles. The van der Waals surface area contributed by atoms with Gasteiger partial charge in [-0.05, 0) is 49.7 Å². The molecule has 0 heterocycles. The summed E-state index contributed by atoms with van der Waals surface area (Å²) in [4.78, 5) is 28.1. The molecule has 1 unspecified atom stereocenters. The molecule has 3 rings (SSSR count). The third kappa shape index (κ3) is 7.57. The smallest absolute Gasteiger partial charge is 0.261 e. The minimum absolute atomic E-state index is 0.0690. The van der Waals surface area contributed by atoms with Crippen LogP contribution in [0.3, 0.4) is 0 Å². The second kappa shape index (κ2) is 12.6. The average Bonchev–Trinajstić information content (AvgIpc) is 2.86. The molecule has 0 aromatic heterocycles. The Bertz CT molecular complexity index is 1100. The second-order valence-electron chi connectivity index (χ2n) is 8.45. The van der Waals surface area contributed by atoms with E-state index in [0.717, 1.165) is 5.56 Å². The van der Waals surface area contributed by atoms with Gasteiger partial charge in [0, 0.05) is 24.6 Å². The van der Waals surface area contributed by atoms with Crippen LogP contribution in [0.15, 0.2) is 78.9 Å². The molecule has 0 radical (unpaired) electrons. The zero-order valence-electron chi connectivity index (χ0n) is 20.2. The Morgan fingerprint density at radius 2 is 1.54 bits per heavy atom. The summed E-state index contributed by atoms with van der Waals surface area (Å²) in [6.07, 6.45) is 0.280. The molecule has 0 aliphatic rings. The summed E-state index contributed by atoms with van der Waals surface area (Å²) in [6, 6.07) is 21.5. The Morgan fingerprint density at radius 3 is 2.17 bits per heavy atom. The molecule has 0 fully saturated rings. The zero-order valence-corrected chi connectivity index (χ0v) is 20.2. The van der Waals surface area contributed by atoms with Crippen molar-refractivity contribution in [1.29, 1.82) is 0 Å². The van der Waals surface area contributed by atoms with Crippen LogP contribution < -0.4 is 14.8 Å². The molecule has 184 valence electrons. The van der Waals surface area contributed by atoms with E-state index in [1.54, 1.807) is 49.6 Å². The largest absolute Gasteiger partial charge is 0.497 e. The normalized spacial score (nSPS) is 11.6. The van der Waals surface area contributed by atoms with Gasteiger partial charge in [0.1, 0.15) is 23.4 Å². The number of benzene rings is 3. The Kier molecular flexibility index (Phi) is 9.23. The first-order chi connectivity index (χ1) is 16.9. The summed E-state index contributed by atoms with van der Waals surface area (Å²) in [5.74, 6) is -0.0274. The molecular weight excluding hydrogens is 447 g/mol. The lowest BCUT2D eigenvalue weighted by Gasteiger charge is -2.32. The number of rotatable bonds is 11. The number of hydrogen-bond donors (Lipinski definition) is 1. The van der Waals surface area contributed by atoms with E-state index in [-0.39, 0.29) is 31.5 Å². The Balaban J connectivity index is 1.89. The maximum atomic E-state index is 14.6. The van der Waals surface area contributed by atoms with Crippen molar-refractivity contribution in [2.24, 2.45) is 0 Å². The van der Waals surface area contributed by atoms with E-state index in [4.69, 9.17) is 9.47 Å². The molecule has 6 nitrogen and oxygen atoms in total. The number of nitrogens with zero attached hydrogens (tertiary/aromatic N) is 1. The highest BCUT2D eigenvalue weighted by Crippen LogP contribution is 2.19. The Labute approximate surface area is 205 Å². The van der Waals surface area contributed by atoms with E-state index in [2.05, 4.69) is 5.32 Å². The summed E-state index contributed by atoms with van der Waals surface area (Å²) >= 11 is 0. The maximum Gasteiger partial charge on any atom is 0.261 e. The van der Waals surface area contributed by atoms with Crippen LogP contribution in [0.25, 0.3) is 0 Å². The molecule has 2 amide bonds. The number of ether oxygens (including phenoxy) is 2. The molecule has 0 saturated carbocycles. The third-order valence-corrected chi connectivity index (χ3v) is 5.42. The molecular formula is C28H31FN2O4. The standard InChI is InChI=1S/C28H31FN2O4/c1-20(2)30-28(33)26(17-21-9-5-4-6-10-21)31(18-22-11-7-8-12-25(22)29)27(32)19-35-24-15-13-23(34-3)14-16-24/h4-16,20,26H,17-19H2,1-3H3,(H,30,33). The van der Waals surface area contributed by atoms with Crippen LogP contribution in [0.2, 0.25) is 0 Å². The highest BCUT2D eigenvalue weighted by Gasteiger charge is 2.31. The zero-order chi connectivity index (χ0) is 25.2. The fraction of sp³-hybridized carbons (Fsp3) is 0.286. The second-order valence-corrected chi connectivity index (χ2v) is 8.45. The highest BCUT2D eigenvalue weighted by molar-refractivity contribution is 5.88. The summed E-state index contributed by atoms with van der Waals surface area (Å²) in [7, 11) is 1.56. The van der Waals surface area contributed by atoms with E-state index in [1.165, 1.54) is 11.0 Å². The molecule has 1 atom stereocenters. The van der Waals surface area contributed by atoms with Crippen molar-refractivity contribution in [2.45, 2.75) is 38.9 Å². The van der Waals surface area contributed by atoms with E-state index in [9.17, 15) is 14.0 Å². The van der Waals surface area contributed by atoms with Gasteiger partial charge < -0.3 is 19.7 Å². The Hall–Kier alpha value is -3.87. The lowest BCUT2D eigenvalue weighted by Crippen LogP contribution is -2.53. The number of carbonyl (C=O) groups is 2. The third-order valence-electron chi connectivity index (χ3n) is 5.42. The van der Waals surface area contributed by atoms with Crippen LogP contribution in [0.4, 0.5) is 4.39 Å². The van der Waals surface area contributed by atoms with Crippen molar-refractivity contribution in [3.05, 3.63) is 95.8 Å². The molecule has 0 saturated heterocycles. The minimum Gasteiger partial charge on any atom is -0.497 e. The predicted molar refractivity (Wildman–Crippen MR) is 133 cm³/mol. The van der Waals surface area contributed by atoms with Gasteiger partial charge in [0.15, 0.2) is 6.61 Å². The lowest BCUT2D eigenvalue weighted by atomic mass is 10.0. The van der Waals surface area contributed by atoms with Crippen LogP contribution in [0, 0.1) is 5.82 Å². The number of amides is 2. The van der Waals surface area contributed by atoms with E-state index >= 15 is 0 Å². The molecule has 3 aromatic rings. The molecule has 7 heteroatoms. The summed E-state index contributed by atoms with van der Waals surface area (Å²) in [6.45, 7) is 3.34. The summed E-state index contributed by atoms with van der Waals surface area (Å²) in [5.41, 5.74) is 1.21. The topological polar surface area (TPSA) is 67.9 Å². The lowest BCUT2D eigenvalue weighted by molar-refractivity contribution is -0.143. The van der Waals surface area contributed by atoms with Crippen molar-refractivity contribution in [1.82, 2.24) is 10.2 Å². The van der Waals surface area contributed by atoms with Crippen LogP contribution >= 0.6 is 0 Å². The number of methoxy groups -OCH3 is 1. The van der Waals surface area contributed by atoms with Crippen molar-refractivity contribution in [3.63, 3.8) is 0 Å². The summed E-state index contributed by atoms with van der Waals surface area (Å²) in [5, 5.41) is 2.90. The highest BCUT2D eigenvalue weighted by atomic mass is 19.1. The molecule has 0 spiro atoms. The first-order valence-corrected chi connectivity index (χ1v) is 11.5. The van der Waals surface area contributed by atoms with Crippen molar-refractivity contribution in [3.8, 4) is 11.5 Å². The van der Waals surface area contributed by atoms with Gasteiger partial charge >= 0.3 is 0 Å². The Morgan fingerprint density at radius 1 is 0.914 bits per heavy atom. The number of nitrogens with one attached hydrogen (secondary N) is 1. The van der Waals surface area contributed by atoms with Gasteiger partial charge in [-0.15, -0.1) is 0 Å². The van der Waals surface area contributed by atoms with Gasteiger partial charge in [0.25, 0.3) is 5.91 Å². The van der Waals surface area contributed by atoms with Crippen LogP contribution in [-0.4, -0.2) is 42.5 Å². The van der Waals surface area contributed by atoms with Crippen molar-refractivity contribution in [2.75, 3.05) is 13.7 Å². The van der Waals surface area contributed by atoms with Gasteiger partial charge in [0.05, 0.1) is 7.11 Å². The molecule has 0 aliphatic heterocycles. The van der Waals surface area contributed by atoms with Crippen molar-refractivity contribution < 1.29 is 23.5 Å². The van der Waals surface area contributed by atoms with Gasteiger partial charge in [0.2, 0.25) is 5.91 Å². The molecule has 1 N–H and O–H groups in total. The van der Waals surface area contributed by atoms with Gasteiger partial charge in [-0.25, -0.2) is 4.39 Å². The van der Waals surface area contributed by atoms with Crippen molar-refractivity contribution >= 4 is 11.8 Å². The maximum absolute atomic E-state index is 14.6. The van der Waals surface area contributed by atoms with E-state index < -0.39 is 17.8 Å². The fourth-order valence-corrected chi connectivity index (χ4v) is 3.64. The van der Waals surface area contributed by atoms with Crippen LogP contribution in [0.1, 0.15) is 25.0 Å². The average molecular weight is 479 g/mol. The summed E-state index contributed by atoms with van der Waals surface area (Å²) < 4.78 is 25.4. The van der Waals surface area contributed by atoms with Gasteiger partial charge in [-0.2, -0.15) is 0 Å². The first-order valence-electron chi connectivity index (χ1n) is 11.5. The quantitative estimate of drug-likeness (QED) is 0.444. The predicted octanol–water partition coefficient (Wildman–Crippen LogP) is 4.38. The van der Waals surface area contributed by atoms with E-state index in [1.807, 2.05) is 44.2 Å². The van der Waals surface area contributed by atoms with Crippen LogP contribution in [0.5, 0.6) is 11.5 Å². The fourth-order valence-electron chi connectivity index (χ4n) is 3.64. The minimum atomic E-state index is -0.855. The number of carbonyl (C=O) groups excluding carboxylic acids is 2. The van der Waals surface area contributed by atoms with Gasteiger partial charge in [-0.1, -0.05) is 48.5 Å². The monoisotopic (exact) mass is 478 g/mol. The first kappa shape index (κ1) is 25.7. The molecule has 35 heavy (non-hydrogen) atoms. The van der Waals surface area contributed by atoms with Gasteiger partial charge in [-0.3, -0.25) is 9.59 Å². The molecule has 0 aliphatic carbocycles. The SMILES string of the molecule is COc1ccc(OCC(=O)N(Cc2ccccc2F)C(Cc2ccccc2)C(=O)NC(C)C)cc1. The van der Waals surface area contributed by atoms with Crippen LogP contribution in [-0.2, 0) is 22.6 Å². The van der Waals surface area contributed by atoms with E-state index in [0.29, 0.717) is 17.1 Å². The molecule has 0 bridgehead atoms. The number of hydrogen-bond acceptors (Lipinski definition) is 4. The number of halogens is 1.